The second-order valence-corrected chi connectivity index (χ2v) is 3.16. The van der Waals surface area contributed by atoms with Gasteiger partial charge in [-0.1, -0.05) is 31.5 Å². The molecule has 0 spiro atoms. The zero-order valence-electron chi connectivity index (χ0n) is 9.99. The number of hydrogen-bond donors (Lipinski definition) is 1. The number of ether oxygens (including phenoxy) is 1. The molecule has 2 heteroatoms. The van der Waals surface area contributed by atoms with Gasteiger partial charge in [-0.3, -0.25) is 0 Å². The molecule has 1 aliphatic heterocycles. The van der Waals surface area contributed by atoms with E-state index < -0.39 is 0 Å². The molecule has 1 fully saturated rings. The molecule has 0 aromatic heterocycles. The number of rotatable bonds is 0. The van der Waals surface area contributed by atoms with Crippen molar-refractivity contribution in [2.24, 2.45) is 0 Å². The van der Waals surface area contributed by atoms with Crippen molar-refractivity contribution in [2.75, 3.05) is 13.2 Å². The number of aryl methyl sites for hydroxylation is 1. The van der Waals surface area contributed by atoms with Crippen LogP contribution in [0.5, 0.6) is 5.75 Å². The number of hydrogen-bond acceptors (Lipinski definition) is 2. The molecule has 1 heterocycles. The van der Waals surface area contributed by atoms with Gasteiger partial charge >= 0.3 is 0 Å². The van der Waals surface area contributed by atoms with Crippen molar-refractivity contribution >= 4 is 0 Å². The van der Waals surface area contributed by atoms with E-state index in [4.69, 9.17) is 9.84 Å². The number of aromatic hydroxyl groups is 1. The average molecular weight is 210 g/mol. The third-order valence-electron chi connectivity index (χ3n) is 1.86. The van der Waals surface area contributed by atoms with E-state index in [1.807, 2.05) is 32.9 Å². The molecule has 1 aliphatic rings. The maximum absolute atomic E-state index is 8.76. The number of benzene rings is 1. The van der Waals surface area contributed by atoms with E-state index in [0.29, 0.717) is 5.75 Å². The van der Waals surface area contributed by atoms with Gasteiger partial charge in [0, 0.05) is 13.2 Å². The van der Waals surface area contributed by atoms with Crippen molar-refractivity contribution in [1.29, 1.82) is 0 Å². The summed E-state index contributed by atoms with van der Waals surface area (Å²) < 4.78 is 4.94. The molecule has 86 valence electrons. The second-order valence-electron chi connectivity index (χ2n) is 3.16. The summed E-state index contributed by atoms with van der Waals surface area (Å²) in [6.07, 6.45) is 2.56. The highest BCUT2D eigenvalue weighted by Gasteiger charge is 1.94. The lowest BCUT2D eigenvalue weighted by molar-refractivity contribution is 0.198. The molecule has 0 unspecified atom stereocenters. The Bertz CT molecular complexity index is 196. The first kappa shape index (κ1) is 14.0. The van der Waals surface area contributed by atoms with Gasteiger partial charge in [-0.05, 0) is 31.9 Å². The van der Waals surface area contributed by atoms with Crippen LogP contribution in [-0.4, -0.2) is 18.3 Å². The van der Waals surface area contributed by atoms with Crippen LogP contribution in [0.1, 0.15) is 32.3 Å². The largest absolute Gasteiger partial charge is 0.508 e. The van der Waals surface area contributed by atoms with Crippen LogP contribution < -0.4 is 0 Å². The minimum atomic E-state index is 0.329. The third-order valence-corrected chi connectivity index (χ3v) is 1.86. The minimum Gasteiger partial charge on any atom is -0.508 e. The SMILES string of the molecule is C1CCOC1.CC.Cc1ccc(O)cc1. The fraction of sp³-hybridized carbons (Fsp3) is 0.538. The fourth-order valence-corrected chi connectivity index (χ4v) is 1.06. The number of phenolic OH excluding ortho intramolecular Hbond substituents is 1. The summed E-state index contributed by atoms with van der Waals surface area (Å²) in [6, 6.07) is 7.09. The van der Waals surface area contributed by atoms with Crippen LogP contribution in [0.25, 0.3) is 0 Å². The van der Waals surface area contributed by atoms with Crippen LogP contribution in [0, 0.1) is 6.92 Å². The lowest BCUT2D eigenvalue weighted by Gasteiger charge is -1.89. The molecule has 15 heavy (non-hydrogen) atoms. The molecule has 0 bridgehead atoms. The van der Waals surface area contributed by atoms with Crippen molar-refractivity contribution in [3.05, 3.63) is 29.8 Å². The molecule has 0 aliphatic carbocycles. The zero-order chi connectivity index (χ0) is 11.5. The molecule has 0 radical (unpaired) electrons. The van der Waals surface area contributed by atoms with Gasteiger partial charge in [0.2, 0.25) is 0 Å². The van der Waals surface area contributed by atoms with Crippen molar-refractivity contribution in [1.82, 2.24) is 0 Å². The highest BCUT2D eigenvalue weighted by Crippen LogP contribution is 2.07. The summed E-state index contributed by atoms with van der Waals surface area (Å²) >= 11 is 0. The maximum atomic E-state index is 8.76. The molecule has 2 nitrogen and oxygen atoms in total. The van der Waals surface area contributed by atoms with Crippen LogP contribution in [0.2, 0.25) is 0 Å². The Balaban J connectivity index is 0.000000241. The van der Waals surface area contributed by atoms with Crippen LogP contribution in [0.15, 0.2) is 24.3 Å². The Kier molecular flexibility index (Phi) is 8.88. The minimum absolute atomic E-state index is 0.329. The van der Waals surface area contributed by atoms with E-state index in [1.165, 1.54) is 18.4 Å². The first-order valence-corrected chi connectivity index (χ1v) is 5.62. The first-order chi connectivity index (χ1) is 7.29. The normalized spacial score (nSPS) is 13.3. The van der Waals surface area contributed by atoms with Crippen molar-refractivity contribution in [3.8, 4) is 5.75 Å². The van der Waals surface area contributed by atoms with Crippen LogP contribution >= 0.6 is 0 Å². The zero-order valence-corrected chi connectivity index (χ0v) is 9.99. The van der Waals surface area contributed by atoms with E-state index in [9.17, 15) is 0 Å². The third kappa shape index (κ3) is 8.01. The highest BCUT2D eigenvalue weighted by molar-refractivity contribution is 5.24. The Morgan fingerprint density at radius 3 is 1.73 bits per heavy atom. The Morgan fingerprint density at radius 1 is 1.00 bits per heavy atom. The Hall–Kier alpha value is -1.02. The second kappa shape index (κ2) is 9.53. The smallest absolute Gasteiger partial charge is 0.115 e. The molecule has 1 aromatic rings. The molecule has 1 aromatic carbocycles. The summed E-state index contributed by atoms with van der Waals surface area (Å²) in [5, 5.41) is 8.76. The molecular weight excluding hydrogens is 188 g/mol. The van der Waals surface area contributed by atoms with E-state index in [-0.39, 0.29) is 0 Å². The standard InChI is InChI=1S/C7H8O.C4H8O.C2H6/c1-6-2-4-7(8)5-3-6;1-2-4-5-3-1;1-2/h2-5,8H,1H3;1-4H2;1-2H3. The number of phenols is 1. The summed E-state index contributed by atoms with van der Waals surface area (Å²) in [7, 11) is 0. The van der Waals surface area contributed by atoms with Crippen LogP contribution in [0.4, 0.5) is 0 Å². The lowest BCUT2D eigenvalue weighted by Crippen LogP contribution is -1.74. The van der Waals surface area contributed by atoms with Gasteiger partial charge in [-0.2, -0.15) is 0 Å². The molecule has 0 amide bonds. The molecule has 2 rings (SSSR count). The monoisotopic (exact) mass is 210 g/mol. The predicted octanol–water partition coefficient (Wildman–Crippen LogP) is 3.52. The lowest BCUT2D eigenvalue weighted by atomic mass is 10.2. The van der Waals surface area contributed by atoms with E-state index in [0.717, 1.165) is 13.2 Å². The Morgan fingerprint density at radius 2 is 1.47 bits per heavy atom. The van der Waals surface area contributed by atoms with Crippen molar-refractivity contribution < 1.29 is 9.84 Å². The van der Waals surface area contributed by atoms with E-state index >= 15 is 0 Å². The first-order valence-electron chi connectivity index (χ1n) is 5.62. The van der Waals surface area contributed by atoms with Gasteiger partial charge in [0.05, 0.1) is 0 Å². The van der Waals surface area contributed by atoms with Gasteiger partial charge < -0.3 is 9.84 Å². The van der Waals surface area contributed by atoms with Gasteiger partial charge in [-0.25, -0.2) is 0 Å². The molecule has 0 saturated carbocycles. The van der Waals surface area contributed by atoms with Crippen LogP contribution in [0.3, 0.4) is 0 Å². The van der Waals surface area contributed by atoms with E-state index in [1.54, 1.807) is 12.1 Å². The van der Waals surface area contributed by atoms with Crippen molar-refractivity contribution in [2.45, 2.75) is 33.6 Å². The fourth-order valence-electron chi connectivity index (χ4n) is 1.06. The summed E-state index contributed by atoms with van der Waals surface area (Å²) in [5.74, 6) is 0.329. The van der Waals surface area contributed by atoms with Crippen molar-refractivity contribution in [3.63, 3.8) is 0 Å². The summed E-state index contributed by atoms with van der Waals surface area (Å²) in [6.45, 7) is 7.99. The van der Waals surface area contributed by atoms with Gasteiger partial charge in [0.25, 0.3) is 0 Å². The summed E-state index contributed by atoms with van der Waals surface area (Å²) in [4.78, 5) is 0. The van der Waals surface area contributed by atoms with Gasteiger partial charge in [0.1, 0.15) is 5.75 Å². The van der Waals surface area contributed by atoms with Gasteiger partial charge in [0.15, 0.2) is 0 Å². The molecular formula is C13H22O2. The van der Waals surface area contributed by atoms with Gasteiger partial charge in [-0.15, -0.1) is 0 Å². The molecule has 1 N–H and O–H groups in total. The molecule has 0 atom stereocenters. The molecule has 1 saturated heterocycles. The Labute approximate surface area is 92.9 Å². The quantitative estimate of drug-likeness (QED) is 0.710. The average Bonchev–Trinajstić information content (AvgIpc) is 2.84. The summed E-state index contributed by atoms with van der Waals surface area (Å²) in [5.41, 5.74) is 1.17. The topological polar surface area (TPSA) is 29.5 Å². The maximum Gasteiger partial charge on any atom is 0.115 e. The van der Waals surface area contributed by atoms with Crippen LogP contribution in [-0.2, 0) is 4.74 Å². The van der Waals surface area contributed by atoms with E-state index in [2.05, 4.69) is 0 Å². The predicted molar refractivity (Wildman–Crippen MR) is 64.2 cm³/mol. The highest BCUT2D eigenvalue weighted by atomic mass is 16.5.